The standard InChI is InChI=1S/C11H8N10O3/c12-5-3-7(16-1-14-3)20-9(18-5)23-11(22)24-10-19-6(13)4-8(21-10)17-2-15-4/h1-2H,(H3,12,14,16,18,20)(H3,13,15,17,19,21). The average Bonchev–Trinajstić information content (AvgIpc) is 3.15. The molecule has 13 nitrogen and oxygen atoms in total. The lowest BCUT2D eigenvalue weighted by atomic mass is 10.5. The van der Waals surface area contributed by atoms with Crippen LogP contribution in [0.25, 0.3) is 22.3 Å². The summed E-state index contributed by atoms with van der Waals surface area (Å²) < 4.78 is 9.69. The van der Waals surface area contributed by atoms with E-state index in [1.54, 1.807) is 0 Å². The maximum Gasteiger partial charge on any atom is 0.524 e. The molecule has 0 unspecified atom stereocenters. The molecule has 0 spiro atoms. The number of imidazole rings is 2. The second-order valence-electron chi connectivity index (χ2n) is 4.44. The van der Waals surface area contributed by atoms with Gasteiger partial charge in [0, 0.05) is 0 Å². The molecular weight excluding hydrogens is 320 g/mol. The number of anilines is 2. The summed E-state index contributed by atoms with van der Waals surface area (Å²) in [6.45, 7) is 0. The van der Waals surface area contributed by atoms with Gasteiger partial charge in [-0.3, -0.25) is 0 Å². The van der Waals surface area contributed by atoms with Crippen LogP contribution in [0.4, 0.5) is 16.4 Å². The fourth-order valence-corrected chi connectivity index (χ4v) is 1.93. The van der Waals surface area contributed by atoms with Crippen molar-refractivity contribution in [1.82, 2.24) is 39.9 Å². The molecule has 0 saturated heterocycles. The van der Waals surface area contributed by atoms with Crippen molar-refractivity contribution < 1.29 is 14.3 Å². The predicted molar refractivity (Wildman–Crippen MR) is 78.8 cm³/mol. The molecule has 0 amide bonds. The van der Waals surface area contributed by atoms with Gasteiger partial charge in [-0.05, 0) is 0 Å². The van der Waals surface area contributed by atoms with Crippen LogP contribution in [-0.2, 0) is 0 Å². The van der Waals surface area contributed by atoms with Crippen LogP contribution in [0.3, 0.4) is 0 Å². The number of H-pyrrole nitrogens is 2. The highest BCUT2D eigenvalue weighted by Crippen LogP contribution is 2.18. The maximum absolute atomic E-state index is 11.8. The summed E-state index contributed by atoms with van der Waals surface area (Å²) in [5, 5.41) is 0. The Hall–Kier alpha value is -4.03. The zero-order valence-electron chi connectivity index (χ0n) is 11.7. The Morgan fingerprint density at radius 3 is 1.75 bits per heavy atom. The second kappa shape index (κ2) is 5.01. The number of nitrogens with one attached hydrogen (secondary N) is 2. The molecule has 0 saturated carbocycles. The lowest BCUT2D eigenvalue weighted by Gasteiger charge is -2.04. The van der Waals surface area contributed by atoms with Gasteiger partial charge in [-0.1, -0.05) is 0 Å². The summed E-state index contributed by atoms with van der Waals surface area (Å²) in [7, 11) is 0. The monoisotopic (exact) mass is 328 g/mol. The molecule has 0 aliphatic carbocycles. The first-order valence-corrected chi connectivity index (χ1v) is 6.43. The molecule has 0 aliphatic heterocycles. The van der Waals surface area contributed by atoms with Gasteiger partial charge in [0.1, 0.15) is 11.0 Å². The van der Waals surface area contributed by atoms with Crippen molar-refractivity contribution in [1.29, 1.82) is 0 Å². The van der Waals surface area contributed by atoms with Crippen LogP contribution < -0.4 is 20.9 Å². The van der Waals surface area contributed by atoms with Gasteiger partial charge in [0.2, 0.25) is 0 Å². The lowest BCUT2D eigenvalue weighted by Crippen LogP contribution is -2.17. The van der Waals surface area contributed by atoms with E-state index in [2.05, 4.69) is 39.9 Å². The number of aromatic amines is 2. The molecule has 0 fully saturated rings. The molecule has 120 valence electrons. The lowest BCUT2D eigenvalue weighted by molar-refractivity contribution is 0.144. The third kappa shape index (κ3) is 2.25. The highest BCUT2D eigenvalue weighted by atomic mass is 16.7. The number of carbonyl (C=O) groups is 1. The van der Waals surface area contributed by atoms with Crippen LogP contribution in [0.5, 0.6) is 12.0 Å². The number of nitrogens with two attached hydrogens (primary N) is 2. The highest BCUT2D eigenvalue weighted by molar-refractivity contribution is 5.82. The van der Waals surface area contributed by atoms with Crippen molar-refractivity contribution >= 4 is 40.1 Å². The number of nitrogen functional groups attached to an aromatic ring is 2. The van der Waals surface area contributed by atoms with Gasteiger partial charge in [-0.15, -0.1) is 0 Å². The third-order valence-corrected chi connectivity index (χ3v) is 2.94. The molecule has 0 radical (unpaired) electrons. The molecule has 24 heavy (non-hydrogen) atoms. The molecule has 0 aliphatic rings. The van der Waals surface area contributed by atoms with Crippen molar-refractivity contribution in [3.8, 4) is 12.0 Å². The second-order valence-corrected chi connectivity index (χ2v) is 4.44. The Morgan fingerprint density at radius 1 is 0.833 bits per heavy atom. The van der Waals surface area contributed by atoms with Crippen LogP contribution in [0.15, 0.2) is 12.7 Å². The van der Waals surface area contributed by atoms with E-state index in [0.717, 1.165) is 0 Å². The first kappa shape index (κ1) is 13.6. The van der Waals surface area contributed by atoms with E-state index < -0.39 is 6.16 Å². The summed E-state index contributed by atoms with van der Waals surface area (Å²) in [5.41, 5.74) is 12.7. The third-order valence-electron chi connectivity index (χ3n) is 2.94. The Bertz CT molecular complexity index is 986. The van der Waals surface area contributed by atoms with E-state index in [4.69, 9.17) is 20.9 Å². The fourth-order valence-electron chi connectivity index (χ4n) is 1.93. The van der Waals surface area contributed by atoms with E-state index in [1.165, 1.54) is 12.7 Å². The van der Waals surface area contributed by atoms with Gasteiger partial charge in [-0.25, -0.2) is 14.8 Å². The first-order valence-electron chi connectivity index (χ1n) is 6.43. The minimum atomic E-state index is -1.17. The first-order chi connectivity index (χ1) is 11.6. The van der Waals surface area contributed by atoms with E-state index >= 15 is 0 Å². The van der Waals surface area contributed by atoms with E-state index in [9.17, 15) is 4.79 Å². The van der Waals surface area contributed by atoms with E-state index in [1.807, 2.05) is 0 Å². The number of rotatable bonds is 2. The van der Waals surface area contributed by atoms with Crippen LogP contribution in [0, 0.1) is 0 Å². The Balaban J connectivity index is 1.56. The molecule has 0 aromatic carbocycles. The number of aromatic nitrogens is 8. The number of carbonyl (C=O) groups excluding carboxylic acids is 1. The number of ether oxygens (including phenoxy) is 2. The van der Waals surface area contributed by atoms with Crippen LogP contribution in [0.2, 0.25) is 0 Å². The maximum atomic E-state index is 11.8. The predicted octanol–water partition coefficient (Wildman–Crippen LogP) is -0.239. The van der Waals surface area contributed by atoms with Gasteiger partial charge in [0.15, 0.2) is 22.9 Å². The van der Waals surface area contributed by atoms with Crippen molar-refractivity contribution in [2.24, 2.45) is 0 Å². The van der Waals surface area contributed by atoms with E-state index in [0.29, 0.717) is 11.0 Å². The van der Waals surface area contributed by atoms with Gasteiger partial charge in [0.25, 0.3) is 0 Å². The topological polar surface area (TPSA) is 196 Å². The molecule has 4 rings (SSSR count). The molecule has 6 N–H and O–H groups in total. The molecular formula is C11H8N10O3. The summed E-state index contributed by atoms with van der Waals surface area (Å²) in [4.78, 5) is 40.5. The average molecular weight is 328 g/mol. The number of fused-ring (bicyclic) bond motifs is 2. The normalized spacial score (nSPS) is 11.0. The molecule has 13 heteroatoms. The smallest absolute Gasteiger partial charge is 0.382 e. The highest BCUT2D eigenvalue weighted by Gasteiger charge is 2.17. The minimum absolute atomic E-state index is 0.0683. The minimum Gasteiger partial charge on any atom is -0.382 e. The van der Waals surface area contributed by atoms with Gasteiger partial charge < -0.3 is 30.9 Å². The summed E-state index contributed by atoms with van der Waals surface area (Å²) in [5.74, 6) is 0.137. The van der Waals surface area contributed by atoms with Crippen molar-refractivity contribution in [3.63, 3.8) is 0 Å². The van der Waals surface area contributed by atoms with Gasteiger partial charge >= 0.3 is 18.2 Å². The van der Waals surface area contributed by atoms with Crippen LogP contribution >= 0.6 is 0 Å². The van der Waals surface area contributed by atoms with Gasteiger partial charge in [0.05, 0.1) is 12.7 Å². The summed E-state index contributed by atoms with van der Waals surface area (Å²) in [6.07, 6.45) is 1.60. The van der Waals surface area contributed by atoms with Crippen molar-refractivity contribution in [2.45, 2.75) is 0 Å². The van der Waals surface area contributed by atoms with Crippen molar-refractivity contribution in [2.75, 3.05) is 11.5 Å². The van der Waals surface area contributed by atoms with Crippen LogP contribution in [-0.4, -0.2) is 46.0 Å². The van der Waals surface area contributed by atoms with E-state index in [-0.39, 0.29) is 35.0 Å². The van der Waals surface area contributed by atoms with Crippen molar-refractivity contribution in [3.05, 3.63) is 12.7 Å². The number of hydrogen-bond acceptors (Lipinski definition) is 11. The number of hydrogen-bond donors (Lipinski definition) is 4. The molecule has 4 aromatic rings. The Morgan fingerprint density at radius 2 is 1.29 bits per heavy atom. The zero-order chi connectivity index (χ0) is 16.7. The largest absolute Gasteiger partial charge is 0.524 e. The SMILES string of the molecule is Nc1nc(OC(=O)Oc2nc(N)c3[nH]cnc3n2)nc2nc[nH]c12. The molecule has 4 heterocycles. The Kier molecular flexibility index (Phi) is 2.84. The molecule has 0 bridgehead atoms. The quantitative estimate of drug-likeness (QED) is 0.354. The fraction of sp³-hybridized carbons (Fsp3) is 0. The zero-order valence-corrected chi connectivity index (χ0v) is 11.7. The van der Waals surface area contributed by atoms with Gasteiger partial charge in [-0.2, -0.15) is 19.9 Å². The Labute approximate surface area is 131 Å². The molecule has 0 atom stereocenters. The number of nitrogens with zero attached hydrogens (tertiary/aromatic N) is 6. The summed E-state index contributed by atoms with van der Waals surface area (Å²) >= 11 is 0. The van der Waals surface area contributed by atoms with Crippen LogP contribution in [0.1, 0.15) is 0 Å². The summed E-state index contributed by atoms with van der Waals surface area (Å²) in [6, 6.07) is -0.656. The molecule has 4 aromatic heterocycles.